The third kappa shape index (κ3) is 2.63. The Balaban J connectivity index is 3.61. The second kappa shape index (κ2) is 6.22. The van der Waals surface area contributed by atoms with Gasteiger partial charge in [-0.05, 0) is 30.6 Å². The van der Waals surface area contributed by atoms with Gasteiger partial charge in [0.2, 0.25) is 0 Å². The van der Waals surface area contributed by atoms with Gasteiger partial charge in [0.05, 0.1) is 6.61 Å². The van der Waals surface area contributed by atoms with Crippen molar-refractivity contribution in [3.8, 4) is 0 Å². The number of alkyl halides is 2. The van der Waals surface area contributed by atoms with E-state index in [1.54, 1.807) is 0 Å². The van der Waals surface area contributed by atoms with Crippen molar-refractivity contribution in [3.05, 3.63) is 58.8 Å². The Bertz CT molecular complexity index is 540. The van der Waals surface area contributed by atoms with Crippen LogP contribution >= 0.6 is 0 Å². The molecule has 0 saturated heterocycles. The van der Waals surface area contributed by atoms with Crippen LogP contribution in [0.1, 0.15) is 13.8 Å². The van der Waals surface area contributed by atoms with Crippen molar-refractivity contribution in [2.24, 2.45) is 0 Å². The lowest BCUT2D eigenvalue weighted by molar-refractivity contribution is 0.212. The normalized spacial score (nSPS) is 26.9. The molecule has 2 unspecified atom stereocenters. The molecule has 1 aliphatic carbocycles. The molecule has 110 valence electrons. The zero-order chi connectivity index (χ0) is 15.6. The Kier molecular flexibility index (Phi) is 5.11. The summed E-state index contributed by atoms with van der Waals surface area (Å²) in [4.78, 5) is 0. The van der Waals surface area contributed by atoms with Crippen molar-refractivity contribution in [2.75, 3.05) is 6.61 Å². The summed E-state index contributed by atoms with van der Waals surface area (Å²) in [5.74, 6) is -2.03. The maximum Gasteiger partial charge on any atom is 0.164 e. The summed E-state index contributed by atoms with van der Waals surface area (Å²) in [5, 5.41) is 9.25. The Morgan fingerprint density at radius 2 is 1.85 bits per heavy atom. The van der Waals surface area contributed by atoms with Crippen molar-refractivity contribution in [1.82, 2.24) is 0 Å². The van der Waals surface area contributed by atoms with E-state index in [2.05, 4.69) is 13.2 Å². The molecule has 1 rings (SSSR count). The molecule has 0 aromatic rings. The molecule has 0 fully saturated rings. The van der Waals surface area contributed by atoms with Crippen molar-refractivity contribution < 1.29 is 22.7 Å². The van der Waals surface area contributed by atoms with E-state index in [4.69, 9.17) is 0 Å². The first-order valence-corrected chi connectivity index (χ1v) is 5.97. The van der Waals surface area contributed by atoms with E-state index >= 15 is 0 Å². The van der Waals surface area contributed by atoms with Crippen LogP contribution < -0.4 is 0 Å². The molecule has 0 aliphatic heterocycles. The Labute approximate surface area is 115 Å². The molecule has 5 heteroatoms. The van der Waals surface area contributed by atoms with Gasteiger partial charge in [0.25, 0.3) is 0 Å². The number of rotatable bonds is 3. The lowest BCUT2D eigenvalue weighted by atomic mass is 9.80. The minimum Gasteiger partial charge on any atom is -0.392 e. The number of halogens is 4. The summed E-state index contributed by atoms with van der Waals surface area (Å²) in [6.07, 6.45) is -3.85. The van der Waals surface area contributed by atoms with Crippen molar-refractivity contribution >= 4 is 0 Å². The van der Waals surface area contributed by atoms with E-state index < -0.39 is 41.8 Å². The van der Waals surface area contributed by atoms with Gasteiger partial charge >= 0.3 is 0 Å². The third-order valence-corrected chi connectivity index (χ3v) is 3.10. The molecule has 1 nitrogen and oxygen atoms in total. The summed E-state index contributed by atoms with van der Waals surface area (Å²) in [6.45, 7) is 8.59. The van der Waals surface area contributed by atoms with Gasteiger partial charge in [0.1, 0.15) is 11.7 Å². The highest BCUT2D eigenvalue weighted by atomic mass is 19.2. The molecule has 20 heavy (non-hydrogen) atoms. The van der Waals surface area contributed by atoms with E-state index in [0.29, 0.717) is 0 Å². The molecule has 2 atom stereocenters. The van der Waals surface area contributed by atoms with Crippen LogP contribution in [-0.4, -0.2) is 24.1 Å². The molecular weight excluding hydrogens is 272 g/mol. The Hall–Kier alpha value is -1.62. The monoisotopic (exact) mass is 288 g/mol. The maximum atomic E-state index is 14.1. The van der Waals surface area contributed by atoms with Gasteiger partial charge in [-0.25, -0.2) is 17.6 Å². The predicted octanol–water partition coefficient (Wildman–Crippen LogP) is 4.19. The number of hydrogen-bond acceptors (Lipinski definition) is 1. The highest BCUT2D eigenvalue weighted by Crippen LogP contribution is 2.42. The number of aliphatic hydroxyl groups excluding tert-OH is 1. The zero-order valence-electron chi connectivity index (χ0n) is 11.3. The van der Waals surface area contributed by atoms with Crippen LogP contribution in [0.2, 0.25) is 0 Å². The molecule has 0 bridgehead atoms. The van der Waals surface area contributed by atoms with E-state index in [0.717, 1.165) is 6.08 Å². The fraction of sp³-hybridized carbons (Fsp3) is 0.333. The van der Waals surface area contributed by atoms with E-state index in [-0.39, 0.29) is 16.7 Å². The van der Waals surface area contributed by atoms with Gasteiger partial charge in [0, 0.05) is 11.1 Å². The summed E-state index contributed by atoms with van der Waals surface area (Å²) in [5.41, 5.74) is -1.83. The molecule has 0 aromatic heterocycles. The zero-order valence-corrected chi connectivity index (χ0v) is 11.3. The summed E-state index contributed by atoms with van der Waals surface area (Å²) in [6, 6.07) is 0. The second-order valence-electron chi connectivity index (χ2n) is 4.48. The molecule has 0 radical (unpaired) electrons. The van der Waals surface area contributed by atoms with Gasteiger partial charge in [-0.1, -0.05) is 19.2 Å². The van der Waals surface area contributed by atoms with E-state index in [1.165, 1.54) is 13.8 Å². The smallest absolute Gasteiger partial charge is 0.164 e. The Morgan fingerprint density at radius 3 is 2.25 bits per heavy atom. The first-order valence-electron chi connectivity index (χ1n) is 5.97. The van der Waals surface area contributed by atoms with Crippen LogP contribution in [0.5, 0.6) is 0 Å². The Morgan fingerprint density at radius 1 is 1.30 bits per heavy atom. The number of aliphatic hydroxyl groups is 1. The van der Waals surface area contributed by atoms with Gasteiger partial charge in [0.15, 0.2) is 12.3 Å². The molecule has 0 spiro atoms. The summed E-state index contributed by atoms with van der Waals surface area (Å²) >= 11 is 0. The number of allylic oxidation sites excluding steroid dienone is 6. The molecular formula is C15H16F4O. The average molecular weight is 288 g/mol. The number of hydrogen-bond donors (Lipinski definition) is 1. The molecule has 0 amide bonds. The lowest BCUT2D eigenvalue weighted by Gasteiger charge is -2.29. The van der Waals surface area contributed by atoms with Crippen molar-refractivity contribution in [3.63, 3.8) is 0 Å². The highest BCUT2D eigenvalue weighted by molar-refractivity contribution is 5.61. The van der Waals surface area contributed by atoms with E-state index in [1.807, 2.05) is 0 Å². The molecule has 1 N–H and O–H groups in total. The van der Waals surface area contributed by atoms with Crippen LogP contribution in [0.3, 0.4) is 0 Å². The minimum atomic E-state index is -2.40. The minimum absolute atomic E-state index is 0.0942. The predicted molar refractivity (Wildman–Crippen MR) is 70.9 cm³/mol. The van der Waals surface area contributed by atoms with E-state index in [9.17, 15) is 22.7 Å². The topological polar surface area (TPSA) is 20.2 Å². The maximum absolute atomic E-state index is 14.1. The fourth-order valence-corrected chi connectivity index (χ4v) is 2.05. The van der Waals surface area contributed by atoms with Crippen LogP contribution in [0.4, 0.5) is 17.6 Å². The summed E-state index contributed by atoms with van der Waals surface area (Å²) in [7, 11) is 0. The van der Waals surface area contributed by atoms with Gasteiger partial charge in [-0.3, -0.25) is 0 Å². The molecule has 0 saturated carbocycles. The first-order chi connectivity index (χ1) is 9.27. The second-order valence-corrected chi connectivity index (χ2v) is 4.48. The van der Waals surface area contributed by atoms with Crippen LogP contribution in [0.15, 0.2) is 58.8 Å². The molecule has 0 heterocycles. The lowest BCUT2D eigenvalue weighted by Crippen LogP contribution is -2.31. The molecule has 1 aliphatic rings. The fourth-order valence-electron chi connectivity index (χ4n) is 2.05. The van der Waals surface area contributed by atoms with Gasteiger partial charge in [-0.2, -0.15) is 0 Å². The largest absolute Gasteiger partial charge is 0.392 e. The van der Waals surface area contributed by atoms with Crippen LogP contribution in [0, 0.1) is 0 Å². The van der Waals surface area contributed by atoms with Gasteiger partial charge < -0.3 is 5.11 Å². The van der Waals surface area contributed by atoms with Crippen LogP contribution in [0.25, 0.3) is 0 Å². The van der Waals surface area contributed by atoms with Crippen LogP contribution in [-0.2, 0) is 0 Å². The average Bonchev–Trinajstić information content (AvgIpc) is 2.41. The standard InChI is InChI=1S/C15H16F4O/c1-5-10(16)12-9(6-20)8(4)11(13(17)7(2)3)14(18)15(12)19/h5,14-15,20H,2,4,6H2,1,3H3/b10-5+,13-11-. The first kappa shape index (κ1) is 16.4. The summed E-state index contributed by atoms with van der Waals surface area (Å²) < 4.78 is 55.7. The third-order valence-electron chi connectivity index (χ3n) is 3.10. The highest BCUT2D eigenvalue weighted by Gasteiger charge is 2.40. The quantitative estimate of drug-likeness (QED) is 0.772. The SMILES string of the molecule is C=C(C)/C(F)=C1\C(=C)C(CO)=C(/C(F)=C\C)C(F)C1F. The molecule has 0 aromatic carbocycles. The van der Waals surface area contributed by atoms with Crippen molar-refractivity contribution in [1.29, 1.82) is 0 Å². The van der Waals surface area contributed by atoms with Crippen molar-refractivity contribution in [2.45, 2.75) is 26.2 Å². The van der Waals surface area contributed by atoms with Gasteiger partial charge in [-0.15, -0.1) is 0 Å².